The number of aromatic nitrogens is 3. The van der Waals surface area contributed by atoms with Gasteiger partial charge in [-0.05, 0) is 38.7 Å². The largest absolute Gasteiger partial charge is 0.259 e. The maximum atomic E-state index is 14.5. The molecule has 0 bridgehead atoms. The molecule has 160 valence electrons. The molecule has 0 radical (unpaired) electrons. The number of aryl methyl sites for hydroxylation is 1. The standard InChI is InChI=1S/C21H24ClFN4O2S/c1-2-30(28,29)27-10-4-3-5-15(27)6-8-20-18(23)13-25-21(26-20)16-7-9-19-17(16)11-14(22)12-24-19/h7,11-13,15H,2-6,8-10H2,1H3. The topological polar surface area (TPSA) is 76.1 Å². The monoisotopic (exact) mass is 450 g/mol. The van der Waals surface area contributed by atoms with E-state index in [1.54, 1.807) is 17.4 Å². The molecule has 0 saturated carbocycles. The van der Waals surface area contributed by atoms with Crippen LogP contribution in [0.3, 0.4) is 0 Å². The molecule has 0 spiro atoms. The third-order valence-corrected chi connectivity index (χ3v) is 7.93. The molecule has 0 aromatic carbocycles. The summed E-state index contributed by atoms with van der Waals surface area (Å²) in [5.41, 5.74) is 2.87. The van der Waals surface area contributed by atoms with Crippen molar-refractivity contribution in [3.05, 3.63) is 58.2 Å². The zero-order valence-electron chi connectivity index (χ0n) is 16.8. The molecule has 0 N–H and O–H groups in total. The van der Waals surface area contributed by atoms with Crippen molar-refractivity contribution in [3.8, 4) is 0 Å². The second-order valence-electron chi connectivity index (χ2n) is 7.66. The van der Waals surface area contributed by atoms with E-state index in [9.17, 15) is 12.8 Å². The number of hydrogen-bond donors (Lipinski definition) is 0. The minimum Gasteiger partial charge on any atom is -0.259 e. The molecule has 4 rings (SSSR count). The van der Waals surface area contributed by atoms with Crippen molar-refractivity contribution in [2.24, 2.45) is 0 Å². The zero-order valence-corrected chi connectivity index (χ0v) is 18.4. The van der Waals surface area contributed by atoms with Gasteiger partial charge in [-0.15, -0.1) is 0 Å². The number of pyridine rings is 1. The second kappa shape index (κ2) is 8.69. The van der Waals surface area contributed by atoms with Crippen molar-refractivity contribution in [3.63, 3.8) is 0 Å². The molecule has 6 nitrogen and oxygen atoms in total. The summed E-state index contributed by atoms with van der Waals surface area (Å²) in [6.07, 6.45) is 8.96. The first-order chi connectivity index (χ1) is 14.4. The number of halogens is 2. The molecule has 2 aromatic heterocycles. The molecule has 1 fully saturated rings. The molecule has 1 unspecified atom stereocenters. The summed E-state index contributed by atoms with van der Waals surface area (Å²) in [4.78, 5) is 13.0. The SMILES string of the molecule is CCS(=O)(=O)N1CCCCC1CCc1nc(C2=CCc3ncc(Cl)cc32)ncc1F. The minimum absolute atomic E-state index is 0.0830. The van der Waals surface area contributed by atoms with Gasteiger partial charge in [0.1, 0.15) is 0 Å². The number of fused-ring (bicyclic) bond motifs is 1. The smallest absolute Gasteiger partial charge is 0.214 e. The van der Waals surface area contributed by atoms with E-state index in [-0.39, 0.29) is 11.8 Å². The predicted molar refractivity (Wildman–Crippen MR) is 114 cm³/mol. The van der Waals surface area contributed by atoms with Gasteiger partial charge in [0.25, 0.3) is 0 Å². The van der Waals surface area contributed by atoms with Crippen LogP contribution in [0.4, 0.5) is 4.39 Å². The fourth-order valence-electron chi connectivity index (χ4n) is 4.19. The van der Waals surface area contributed by atoms with Crippen LogP contribution in [0.25, 0.3) is 5.57 Å². The van der Waals surface area contributed by atoms with Gasteiger partial charge in [0.2, 0.25) is 10.0 Å². The van der Waals surface area contributed by atoms with Crippen LogP contribution in [0.5, 0.6) is 0 Å². The van der Waals surface area contributed by atoms with Crippen LogP contribution in [-0.2, 0) is 22.9 Å². The molecule has 2 aliphatic rings. The molecule has 1 saturated heterocycles. The van der Waals surface area contributed by atoms with E-state index in [4.69, 9.17) is 11.6 Å². The summed E-state index contributed by atoms with van der Waals surface area (Å²) in [7, 11) is -3.27. The number of hydrogen-bond acceptors (Lipinski definition) is 5. The summed E-state index contributed by atoms with van der Waals surface area (Å²) >= 11 is 6.09. The van der Waals surface area contributed by atoms with E-state index in [1.807, 2.05) is 12.1 Å². The van der Waals surface area contributed by atoms with E-state index in [0.29, 0.717) is 42.3 Å². The van der Waals surface area contributed by atoms with Crippen LogP contribution in [0.1, 0.15) is 55.4 Å². The lowest BCUT2D eigenvalue weighted by Gasteiger charge is -2.34. The quantitative estimate of drug-likeness (QED) is 0.669. The van der Waals surface area contributed by atoms with E-state index < -0.39 is 15.8 Å². The minimum atomic E-state index is -3.27. The van der Waals surface area contributed by atoms with Gasteiger partial charge in [0, 0.05) is 36.3 Å². The average molecular weight is 451 g/mol. The molecule has 0 amide bonds. The van der Waals surface area contributed by atoms with Gasteiger partial charge < -0.3 is 0 Å². The van der Waals surface area contributed by atoms with Crippen LogP contribution in [0.15, 0.2) is 24.5 Å². The van der Waals surface area contributed by atoms with Gasteiger partial charge in [-0.25, -0.2) is 22.8 Å². The van der Waals surface area contributed by atoms with Gasteiger partial charge in [0.15, 0.2) is 11.6 Å². The molecule has 1 aliphatic carbocycles. The third kappa shape index (κ3) is 4.26. The zero-order chi connectivity index (χ0) is 21.3. The summed E-state index contributed by atoms with van der Waals surface area (Å²) in [5, 5.41) is 0.526. The van der Waals surface area contributed by atoms with Crippen LogP contribution in [0, 0.1) is 5.82 Å². The first-order valence-corrected chi connectivity index (χ1v) is 12.2. The van der Waals surface area contributed by atoms with Crippen molar-refractivity contribution < 1.29 is 12.8 Å². The van der Waals surface area contributed by atoms with E-state index in [1.165, 1.54) is 6.20 Å². The van der Waals surface area contributed by atoms with Crippen LogP contribution in [-0.4, -0.2) is 46.0 Å². The van der Waals surface area contributed by atoms with Crippen LogP contribution < -0.4 is 0 Å². The van der Waals surface area contributed by atoms with Gasteiger partial charge >= 0.3 is 0 Å². The lowest BCUT2D eigenvalue weighted by molar-refractivity contribution is 0.240. The highest BCUT2D eigenvalue weighted by Crippen LogP contribution is 2.32. The first-order valence-electron chi connectivity index (χ1n) is 10.3. The summed E-state index contributed by atoms with van der Waals surface area (Å²) in [6.45, 7) is 2.20. The Balaban J connectivity index is 1.55. The van der Waals surface area contributed by atoms with E-state index >= 15 is 0 Å². The number of sulfonamides is 1. The normalized spacial score (nSPS) is 19.6. The first kappa shape index (κ1) is 21.3. The summed E-state index contributed by atoms with van der Waals surface area (Å²) in [5.74, 6) is 0.0537. The molecular formula is C21H24ClFN4O2S. The maximum absolute atomic E-state index is 14.5. The second-order valence-corrected chi connectivity index (χ2v) is 10.3. The fourth-order valence-corrected chi connectivity index (χ4v) is 5.75. The number of allylic oxidation sites excluding steroid dienone is 1. The average Bonchev–Trinajstić information content (AvgIpc) is 3.16. The highest BCUT2D eigenvalue weighted by molar-refractivity contribution is 7.89. The Kier molecular flexibility index (Phi) is 6.18. The Bertz CT molecular complexity index is 1090. The van der Waals surface area contributed by atoms with Crippen LogP contribution >= 0.6 is 11.6 Å². The Morgan fingerprint density at radius 3 is 2.90 bits per heavy atom. The van der Waals surface area contributed by atoms with Crippen molar-refractivity contribution in [2.75, 3.05) is 12.3 Å². The van der Waals surface area contributed by atoms with Gasteiger partial charge in [-0.1, -0.05) is 24.1 Å². The highest BCUT2D eigenvalue weighted by atomic mass is 35.5. The van der Waals surface area contributed by atoms with Gasteiger partial charge in [0.05, 0.1) is 28.4 Å². The summed E-state index contributed by atoms with van der Waals surface area (Å²) in [6, 6.07) is 1.71. The molecule has 9 heteroatoms. The number of piperidine rings is 1. The van der Waals surface area contributed by atoms with Gasteiger partial charge in [-0.3, -0.25) is 4.98 Å². The van der Waals surface area contributed by atoms with E-state index in [2.05, 4.69) is 15.0 Å². The lowest BCUT2D eigenvalue weighted by Crippen LogP contribution is -2.44. The predicted octanol–water partition coefficient (Wildman–Crippen LogP) is 3.79. The van der Waals surface area contributed by atoms with Crippen molar-refractivity contribution in [1.29, 1.82) is 0 Å². The molecule has 3 heterocycles. The van der Waals surface area contributed by atoms with Crippen molar-refractivity contribution in [1.82, 2.24) is 19.3 Å². The third-order valence-electron chi connectivity index (χ3n) is 5.79. The fraction of sp³-hybridized carbons (Fsp3) is 0.476. The van der Waals surface area contributed by atoms with Crippen LogP contribution in [0.2, 0.25) is 5.02 Å². The molecule has 1 aliphatic heterocycles. The number of nitrogens with zero attached hydrogens (tertiary/aromatic N) is 4. The Hall–Kier alpha value is -1.90. The van der Waals surface area contributed by atoms with Crippen molar-refractivity contribution in [2.45, 2.75) is 51.5 Å². The van der Waals surface area contributed by atoms with Crippen molar-refractivity contribution >= 4 is 27.2 Å². The lowest BCUT2D eigenvalue weighted by atomic mass is 9.99. The maximum Gasteiger partial charge on any atom is 0.214 e. The molecule has 1 atom stereocenters. The summed E-state index contributed by atoms with van der Waals surface area (Å²) < 4.78 is 40.9. The molecule has 30 heavy (non-hydrogen) atoms. The van der Waals surface area contributed by atoms with Gasteiger partial charge in [-0.2, -0.15) is 4.31 Å². The Labute approximate surface area is 181 Å². The van der Waals surface area contributed by atoms with E-state index in [0.717, 1.165) is 36.1 Å². The Morgan fingerprint density at radius 1 is 1.27 bits per heavy atom. The Morgan fingerprint density at radius 2 is 2.10 bits per heavy atom. The molecular weight excluding hydrogens is 427 g/mol. The highest BCUT2D eigenvalue weighted by Gasteiger charge is 2.31. The number of rotatable bonds is 6. The molecule has 2 aromatic rings.